The van der Waals surface area contributed by atoms with E-state index >= 15 is 0 Å². The number of hydrogen-bond donors (Lipinski definition) is 2. The van der Waals surface area contributed by atoms with Crippen molar-refractivity contribution in [1.29, 1.82) is 0 Å². The first-order chi connectivity index (χ1) is 13.7. The molecule has 1 amide bonds. The molecule has 0 radical (unpaired) electrons. The highest BCUT2D eigenvalue weighted by atomic mass is 35.5. The minimum absolute atomic E-state index is 0.117. The van der Waals surface area contributed by atoms with Crippen molar-refractivity contribution < 1.29 is 9.53 Å². The molecule has 28 heavy (non-hydrogen) atoms. The Bertz CT molecular complexity index is 900. The summed E-state index contributed by atoms with van der Waals surface area (Å²) in [4.78, 5) is 12.3. The van der Waals surface area contributed by atoms with E-state index in [1.165, 1.54) is 5.56 Å². The van der Waals surface area contributed by atoms with Crippen LogP contribution in [0.3, 0.4) is 0 Å². The summed E-state index contributed by atoms with van der Waals surface area (Å²) >= 11 is 6.09. The second-order valence-electron chi connectivity index (χ2n) is 6.32. The van der Waals surface area contributed by atoms with Gasteiger partial charge in [-0.2, -0.15) is 0 Å². The van der Waals surface area contributed by atoms with Crippen LogP contribution in [0.15, 0.2) is 78.9 Å². The van der Waals surface area contributed by atoms with Gasteiger partial charge in [0.05, 0.1) is 29.5 Å². The smallest absolute Gasteiger partial charge is 0.243 e. The average molecular weight is 395 g/mol. The zero-order valence-corrected chi connectivity index (χ0v) is 16.3. The molecule has 0 aliphatic heterocycles. The molecule has 0 aliphatic carbocycles. The molecule has 0 heterocycles. The number of amides is 1. The topological polar surface area (TPSA) is 50.4 Å². The van der Waals surface area contributed by atoms with Gasteiger partial charge in [0.2, 0.25) is 5.91 Å². The van der Waals surface area contributed by atoms with Crippen LogP contribution in [-0.2, 0) is 11.2 Å². The normalized spacial score (nSPS) is 10.3. The second kappa shape index (κ2) is 10.4. The number of carbonyl (C=O) groups excluding carboxylic acids is 1. The number of rotatable bonds is 9. The van der Waals surface area contributed by atoms with Crippen LogP contribution in [-0.4, -0.2) is 19.1 Å². The predicted octanol–water partition coefficient (Wildman–Crippen LogP) is 5.40. The Morgan fingerprint density at radius 1 is 0.857 bits per heavy atom. The van der Waals surface area contributed by atoms with Crippen molar-refractivity contribution in [3.05, 3.63) is 89.4 Å². The van der Waals surface area contributed by atoms with Crippen molar-refractivity contribution in [3.63, 3.8) is 0 Å². The van der Waals surface area contributed by atoms with Crippen molar-refractivity contribution in [2.75, 3.05) is 23.8 Å². The van der Waals surface area contributed by atoms with E-state index in [0.29, 0.717) is 23.1 Å². The molecule has 5 heteroatoms. The molecule has 0 fully saturated rings. The van der Waals surface area contributed by atoms with Crippen LogP contribution in [0, 0.1) is 0 Å². The maximum atomic E-state index is 12.3. The van der Waals surface area contributed by atoms with E-state index in [2.05, 4.69) is 22.8 Å². The standard InChI is InChI=1S/C23H23ClN2O2/c24-19-12-4-5-13-20(19)25-17-23(27)26-21-14-6-7-15-22(21)28-16-8-11-18-9-2-1-3-10-18/h1-7,9-10,12-15,25H,8,11,16-17H2,(H,26,27). The summed E-state index contributed by atoms with van der Waals surface area (Å²) in [7, 11) is 0. The van der Waals surface area contributed by atoms with Gasteiger partial charge in [0.15, 0.2) is 0 Å². The van der Waals surface area contributed by atoms with Gasteiger partial charge in [-0.15, -0.1) is 0 Å². The number of para-hydroxylation sites is 3. The Hall–Kier alpha value is -2.98. The zero-order valence-electron chi connectivity index (χ0n) is 15.5. The Morgan fingerprint density at radius 2 is 1.54 bits per heavy atom. The Morgan fingerprint density at radius 3 is 2.32 bits per heavy atom. The minimum atomic E-state index is -0.166. The van der Waals surface area contributed by atoms with E-state index in [1.807, 2.05) is 60.7 Å². The van der Waals surface area contributed by atoms with Crippen molar-refractivity contribution in [3.8, 4) is 5.75 Å². The second-order valence-corrected chi connectivity index (χ2v) is 6.72. The summed E-state index contributed by atoms with van der Waals surface area (Å²) in [6, 6.07) is 25.1. The molecule has 0 saturated heterocycles. The summed E-state index contributed by atoms with van der Waals surface area (Å²) in [5.74, 6) is 0.502. The summed E-state index contributed by atoms with van der Waals surface area (Å²) < 4.78 is 5.89. The number of carbonyl (C=O) groups is 1. The van der Waals surface area contributed by atoms with Crippen LogP contribution < -0.4 is 15.4 Å². The largest absolute Gasteiger partial charge is 0.491 e. The Labute approximate surface area is 170 Å². The van der Waals surface area contributed by atoms with Gasteiger partial charge >= 0.3 is 0 Å². The molecule has 0 atom stereocenters. The number of nitrogens with one attached hydrogen (secondary N) is 2. The Balaban J connectivity index is 1.49. The third kappa shape index (κ3) is 6.03. The molecule has 4 nitrogen and oxygen atoms in total. The first-order valence-corrected chi connectivity index (χ1v) is 9.64. The van der Waals surface area contributed by atoms with E-state index in [-0.39, 0.29) is 12.5 Å². The number of aryl methyl sites for hydroxylation is 1. The molecule has 0 saturated carbocycles. The maximum Gasteiger partial charge on any atom is 0.243 e. The summed E-state index contributed by atoms with van der Waals surface area (Å²) in [5, 5.41) is 6.51. The Kier molecular flexibility index (Phi) is 7.33. The highest BCUT2D eigenvalue weighted by Gasteiger charge is 2.08. The van der Waals surface area contributed by atoms with Gasteiger partial charge < -0.3 is 15.4 Å². The SMILES string of the molecule is O=C(CNc1ccccc1Cl)Nc1ccccc1OCCCc1ccccc1. The van der Waals surface area contributed by atoms with Gasteiger partial charge in [0, 0.05) is 0 Å². The molecule has 3 aromatic rings. The van der Waals surface area contributed by atoms with Crippen molar-refractivity contribution in [2.45, 2.75) is 12.8 Å². The highest BCUT2D eigenvalue weighted by molar-refractivity contribution is 6.33. The lowest BCUT2D eigenvalue weighted by Crippen LogP contribution is -2.22. The molecule has 0 bridgehead atoms. The summed E-state index contributed by atoms with van der Waals surface area (Å²) in [6.45, 7) is 0.700. The molecular formula is C23H23ClN2O2. The number of anilines is 2. The molecule has 144 valence electrons. The molecule has 2 N–H and O–H groups in total. The van der Waals surface area contributed by atoms with Gasteiger partial charge in [-0.25, -0.2) is 0 Å². The molecule has 0 spiro atoms. The van der Waals surface area contributed by atoms with Crippen LogP contribution >= 0.6 is 11.6 Å². The third-order valence-electron chi connectivity index (χ3n) is 4.18. The van der Waals surface area contributed by atoms with Crippen LogP contribution in [0.4, 0.5) is 11.4 Å². The van der Waals surface area contributed by atoms with E-state index < -0.39 is 0 Å². The van der Waals surface area contributed by atoms with Gasteiger partial charge in [-0.1, -0.05) is 66.2 Å². The maximum absolute atomic E-state index is 12.3. The fourth-order valence-electron chi connectivity index (χ4n) is 2.77. The van der Waals surface area contributed by atoms with Gasteiger partial charge in [0.25, 0.3) is 0 Å². The van der Waals surface area contributed by atoms with E-state index in [9.17, 15) is 4.79 Å². The molecule has 0 aromatic heterocycles. The number of ether oxygens (including phenoxy) is 1. The number of hydrogen-bond acceptors (Lipinski definition) is 3. The van der Waals surface area contributed by atoms with Gasteiger partial charge in [0.1, 0.15) is 5.75 Å². The quantitative estimate of drug-likeness (QED) is 0.477. The first-order valence-electron chi connectivity index (χ1n) is 9.26. The fraction of sp³-hybridized carbons (Fsp3) is 0.174. The van der Waals surface area contributed by atoms with Crippen molar-refractivity contribution in [2.24, 2.45) is 0 Å². The van der Waals surface area contributed by atoms with Crippen LogP contribution in [0.2, 0.25) is 5.02 Å². The molecule has 0 aliphatic rings. The molecule has 3 rings (SSSR count). The zero-order chi connectivity index (χ0) is 19.6. The molecule has 3 aromatic carbocycles. The summed E-state index contributed by atoms with van der Waals surface area (Å²) in [6.07, 6.45) is 1.86. The third-order valence-corrected chi connectivity index (χ3v) is 4.51. The van der Waals surface area contributed by atoms with Crippen molar-refractivity contribution >= 4 is 28.9 Å². The first kappa shape index (κ1) is 19.8. The van der Waals surface area contributed by atoms with Gasteiger partial charge in [-0.3, -0.25) is 4.79 Å². The molecular weight excluding hydrogens is 372 g/mol. The van der Waals surface area contributed by atoms with Gasteiger partial charge in [-0.05, 0) is 42.7 Å². The predicted molar refractivity (Wildman–Crippen MR) is 115 cm³/mol. The average Bonchev–Trinajstić information content (AvgIpc) is 2.72. The fourth-order valence-corrected chi connectivity index (χ4v) is 2.98. The minimum Gasteiger partial charge on any atom is -0.491 e. The highest BCUT2D eigenvalue weighted by Crippen LogP contribution is 2.24. The monoisotopic (exact) mass is 394 g/mol. The van der Waals surface area contributed by atoms with Crippen LogP contribution in [0.25, 0.3) is 0 Å². The van der Waals surface area contributed by atoms with Crippen LogP contribution in [0.1, 0.15) is 12.0 Å². The van der Waals surface area contributed by atoms with Crippen LogP contribution in [0.5, 0.6) is 5.75 Å². The lowest BCUT2D eigenvalue weighted by atomic mass is 10.1. The van der Waals surface area contributed by atoms with E-state index in [0.717, 1.165) is 18.5 Å². The number of halogens is 1. The lowest BCUT2D eigenvalue weighted by Gasteiger charge is -2.13. The lowest BCUT2D eigenvalue weighted by molar-refractivity contribution is -0.114. The number of benzene rings is 3. The summed E-state index contributed by atoms with van der Waals surface area (Å²) in [5.41, 5.74) is 2.68. The van der Waals surface area contributed by atoms with E-state index in [1.54, 1.807) is 6.07 Å². The van der Waals surface area contributed by atoms with Crippen molar-refractivity contribution in [1.82, 2.24) is 0 Å². The molecule has 0 unspecified atom stereocenters. The van der Waals surface area contributed by atoms with E-state index in [4.69, 9.17) is 16.3 Å².